The number of nitrogens with zero attached hydrogens (tertiary/aromatic N) is 4. The number of aliphatic imine (C=N–C) groups is 1. The minimum absolute atomic E-state index is 0. The third kappa shape index (κ3) is 7.06. The van der Waals surface area contributed by atoms with E-state index in [1.54, 1.807) is 0 Å². The monoisotopic (exact) mass is 476 g/mol. The molecule has 0 aliphatic carbocycles. The summed E-state index contributed by atoms with van der Waals surface area (Å²) in [4.78, 5) is 7.35. The average molecular weight is 476 g/mol. The molecule has 0 saturated carbocycles. The molecule has 1 saturated heterocycles. The molecule has 2 unspecified atom stereocenters. The van der Waals surface area contributed by atoms with Crippen LogP contribution in [0.2, 0.25) is 0 Å². The van der Waals surface area contributed by atoms with E-state index in [0.717, 1.165) is 44.4 Å². The molecule has 0 bridgehead atoms. The van der Waals surface area contributed by atoms with Crippen LogP contribution >= 0.6 is 24.0 Å². The second-order valence-corrected chi connectivity index (χ2v) is 7.24. The highest BCUT2D eigenvalue weighted by Gasteiger charge is 2.22. The maximum Gasteiger partial charge on any atom is 0.191 e. The Bertz CT molecular complexity index is 556. The molecule has 0 aromatic carbocycles. The normalized spacial score (nSPS) is 19.3. The lowest BCUT2D eigenvalue weighted by Crippen LogP contribution is -2.45. The summed E-state index contributed by atoms with van der Waals surface area (Å²) < 4.78 is 2.09. The van der Waals surface area contributed by atoms with Crippen molar-refractivity contribution in [1.82, 2.24) is 25.3 Å². The van der Waals surface area contributed by atoms with E-state index < -0.39 is 0 Å². The van der Waals surface area contributed by atoms with Gasteiger partial charge in [-0.15, -0.1) is 24.0 Å². The fourth-order valence-corrected chi connectivity index (χ4v) is 3.56. The number of hydrogen-bond donors (Lipinski definition) is 2. The molecule has 150 valence electrons. The van der Waals surface area contributed by atoms with E-state index >= 15 is 0 Å². The highest BCUT2D eigenvalue weighted by molar-refractivity contribution is 14.0. The Labute approximate surface area is 176 Å². The van der Waals surface area contributed by atoms with E-state index in [1.807, 2.05) is 6.92 Å². The Kier molecular flexibility index (Phi) is 10.5. The standard InChI is InChI=1S/C19H36N6.HI/c1-6-20-19(22-13-18-9-8-10-24(18)7-2)21-12-15(3)14-25-17(5)11-16(4)23-25;/h11,15,18H,6-10,12-14H2,1-5H3,(H2,20,21,22);1H. The fourth-order valence-electron chi connectivity index (χ4n) is 3.56. The van der Waals surface area contributed by atoms with Crippen LogP contribution in [0.1, 0.15) is 45.0 Å². The molecule has 1 aromatic heterocycles. The molecule has 26 heavy (non-hydrogen) atoms. The number of guanidine groups is 1. The topological polar surface area (TPSA) is 57.5 Å². The zero-order valence-corrected chi connectivity index (χ0v) is 19.4. The zero-order chi connectivity index (χ0) is 18.2. The van der Waals surface area contributed by atoms with Crippen molar-refractivity contribution in [3.05, 3.63) is 17.5 Å². The van der Waals surface area contributed by atoms with E-state index in [0.29, 0.717) is 12.0 Å². The summed E-state index contributed by atoms with van der Waals surface area (Å²) in [5.74, 6) is 1.39. The second kappa shape index (κ2) is 11.8. The molecule has 0 radical (unpaired) electrons. The Hall–Kier alpha value is -0.830. The van der Waals surface area contributed by atoms with Gasteiger partial charge in [0, 0.05) is 37.9 Å². The van der Waals surface area contributed by atoms with Crippen LogP contribution < -0.4 is 10.6 Å². The lowest BCUT2D eigenvalue weighted by Gasteiger charge is -2.24. The van der Waals surface area contributed by atoms with Gasteiger partial charge >= 0.3 is 0 Å². The molecule has 2 atom stereocenters. The summed E-state index contributed by atoms with van der Waals surface area (Å²) in [5, 5.41) is 11.5. The third-order valence-electron chi connectivity index (χ3n) is 4.90. The predicted molar refractivity (Wildman–Crippen MR) is 121 cm³/mol. The lowest BCUT2D eigenvalue weighted by molar-refractivity contribution is 0.267. The number of aromatic nitrogens is 2. The summed E-state index contributed by atoms with van der Waals surface area (Å²) in [6.07, 6.45) is 2.60. The SMILES string of the molecule is CCNC(=NCC(C)Cn1nc(C)cc1C)NCC1CCCN1CC.I. The van der Waals surface area contributed by atoms with Gasteiger partial charge in [0.25, 0.3) is 0 Å². The molecule has 7 heteroatoms. The maximum absolute atomic E-state index is 4.79. The smallest absolute Gasteiger partial charge is 0.191 e. The summed E-state index contributed by atoms with van der Waals surface area (Å²) in [6.45, 7) is 16.7. The summed E-state index contributed by atoms with van der Waals surface area (Å²) in [7, 11) is 0. The molecule has 1 fully saturated rings. The number of likely N-dealkylation sites (N-methyl/N-ethyl adjacent to an activating group) is 1. The summed E-state index contributed by atoms with van der Waals surface area (Å²) in [5.41, 5.74) is 2.31. The first-order chi connectivity index (χ1) is 12.0. The molecule has 2 rings (SSSR count). The predicted octanol–water partition coefficient (Wildman–Crippen LogP) is 2.79. The third-order valence-corrected chi connectivity index (χ3v) is 4.90. The first-order valence-corrected chi connectivity index (χ1v) is 9.80. The molecule has 6 nitrogen and oxygen atoms in total. The average Bonchev–Trinajstić information content (AvgIpc) is 3.16. The van der Waals surface area contributed by atoms with E-state index in [9.17, 15) is 0 Å². The Morgan fingerprint density at radius 3 is 2.73 bits per heavy atom. The molecule has 2 N–H and O–H groups in total. The molecule has 2 heterocycles. The summed E-state index contributed by atoms with van der Waals surface area (Å²) >= 11 is 0. The van der Waals surface area contributed by atoms with E-state index in [-0.39, 0.29) is 24.0 Å². The van der Waals surface area contributed by atoms with Gasteiger partial charge in [-0.05, 0) is 58.7 Å². The first kappa shape index (κ1) is 23.2. The largest absolute Gasteiger partial charge is 0.357 e. The number of hydrogen-bond acceptors (Lipinski definition) is 3. The molecule has 0 spiro atoms. The van der Waals surface area contributed by atoms with Crippen LogP contribution in [-0.4, -0.2) is 59.4 Å². The molecular formula is C19H37IN6. The van der Waals surface area contributed by atoms with Crippen molar-refractivity contribution in [2.75, 3.05) is 32.7 Å². The van der Waals surface area contributed by atoms with Crippen molar-refractivity contribution in [3.8, 4) is 0 Å². The number of nitrogens with one attached hydrogen (secondary N) is 2. The highest BCUT2D eigenvalue weighted by atomic mass is 127. The van der Waals surface area contributed by atoms with Gasteiger partial charge in [0.1, 0.15) is 0 Å². The van der Waals surface area contributed by atoms with Crippen molar-refractivity contribution < 1.29 is 0 Å². The molecule has 1 aliphatic rings. The zero-order valence-electron chi connectivity index (χ0n) is 17.1. The van der Waals surface area contributed by atoms with Crippen LogP contribution in [0.4, 0.5) is 0 Å². The fraction of sp³-hybridized carbons (Fsp3) is 0.789. The van der Waals surface area contributed by atoms with Crippen LogP contribution in [0.5, 0.6) is 0 Å². The van der Waals surface area contributed by atoms with E-state index in [4.69, 9.17) is 4.99 Å². The van der Waals surface area contributed by atoms with Crippen molar-refractivity contribution in [3.63, 3.8) is 0 Å². The van der Waals surface area contributed by atoms with Crippen molar-refractivity contribution >= 4 is 29.9 Å². The van der Waals surface area contributed by atoms with Gasteiger partial charge in [-0.2, -0.15) is 5.10 Å². The minimum atomic E-state index is 0. The van der Waals surface area contributed by atoms with Gasteiger partial charge in [0.2, 0.25) is 0 Å². The number of rotatable bonds is 8. The van der Waals surface area contributed by atoms with Gasteiger partial charge in [0.15, 0.2) is 5.96 Å². The van der Waals surface area contributed by atoms with Crippen molar-refractivity contribution in [2.24, 2.45) is 10.9 Å². The maximum atomic E-state index is 4.79. The Balaban J connectivity index is 0.00000338. The number of likely N-dealkylation sites (tertiary alicyclic amines) is 1. The van der Waals surface area contributed by atoms with Crippen LogP contribution in [0.15, 0.2) is 11.1 Å². The molecule has 0 amide bonds. The van der Waals surface area contributed by atoms with Gasteiger partial charge in [0.05, 0.1) is 5.69 Å². The van der Waals surface area contributed by atoms with Crippen molar-refractivity contribution in [1.29, 1.82) is 0 Å². The minimum Gasteiger partial charge on any atom is -0.357 e. The molecule has 1 aromatic rings. The second-order valence-electron chi connectivity index (χ2n) is 7.24. The van der Waals surface area contributed by atoms with E-state index in [2.05, 4.69) is 59.1 Å². The van der Waals surface area contributed by atoms with Gasteiger partial charge in [-0.1, -0.05) is 13.8 Å². The molecular weight excluding hydrogens is 439 g/mol. The quantitative estimate of drug-likeness (QED) is 0.344. The number of aryl methyl sites for hydroxylation is 2. The Morgan fingerprint density at radius 2 is 2.12 bits per heavy atom. The lowest BCUT2D eigenvalue weighted by atomic mass is 10.2. The first-order valence-electron chi connectivity index (χ1n) is 9.80. The van der Waals surface area contributed by atoms with Crippen LogP contribution in [0.3, 0.4) is 0 Å². The van der Waals surface area contributed by atoms with Crippen LogP contribution in [0.25, 0.3) is 0 Å². The number of halogens is 1. The van der Waals surface area contributed by atoms with Crippen LogP contribution in [-0.2, 0) is 6.54 Å². The Morgan fingerprint density at radius 1 is 1.35 bits per heavy atom. The molecule has 1 aliphatic heterocycles. The van der Waals surface area contributed by atoms with Gasteiger partial charge < -0.3 is 10.6 Å². The van der Waals surface area contributed by atoms with Crippen molar-refractivity contribution in [2.45, 2.75) is 60.0 Å². The van der Waals surface area contributed by atoms with E-state index in [1.165, 1.54) is 25.1 Å². The van der Waals surface area contributed by atoms with Gasteiger partial charge in [-0.25, -0.2) is 0 Å². The van der Waals surface area contributed by atoms with Gasteiger partial charge in [-0.3, -0.25) is 14.6 Å². The highest BCUT2D eigenvalue weighted by Crippen LogP contribution is 2.15. The van der Waals surface area contributed by atoms with Crippen LogP contribution in [0, 0.1) is 19.8 Å². The summed E-state index contributed by atoms with van der Waals surface area (Å²) in [6, 6.07) is 2.77.